The molecule has 2 heterocycles. The zero-order valence-corrected chi connectivity index (χ0v) is 17.8. The summed E-state index contributed by atoms with van der Waals surface area (Å²) in [5, 5.41) is 8.93. The fourth-order valence-electron chi connectivity index (χ4n) is 3.70. The summed E-state index contributed by atoms with van der Waals surface area (Å²) in [6.07, 6.45) is 5.98. The van der Waals surface area contributed by atoms with Gasteiger partial charge in [-0.05, 0) is 37.0 Å². The number of nitrogens with one attached hydrogen (secondary N) is 1. The van der Waals surface area contributed by atoms with Crippen molar-refractivity contribution in [3.05, 3.63) is 45.6 Å². The largest absolute Gasteiger partial charge is 0.328 e. The molecular weight excluding hydrogens is 424 g/mol. The molecule has 5 nitrogen and oxygen atoms in total. The Kier molecular flexibility index (Phi) is 5.68. The van der Waals surface area contributed by atoms with E-state index in [1.807, 2.05) is 16.8 Å². The number of halogens is 1. The standard InChI is InChI=1S/C20H23BrN4OS/c1-2-3-4-11-27-20-23-19-22-15-9-6-10-16(26)17(15)18(25(19)24-20)13-7-5-8-14(21)12-13/h5,7-8,12,18H,2-4,6,9-11H2,1H3,(H,22,23,24)/t18-/m0/s1. The van der Waals surface area contributed by atoms with Gasteiger partial charge in [-0.15, -0.1) is 5.10 Å². The Hall–Kier alpha value is -1.60. The molecule has 0 saturated heterocycles. The molecule has 27 heavy (non-hydrogen) atoms. The number of nitrogens with zero attached hydrogens (tertiary/aromatic N) is 3. The van der Waals surface area contributed by atoms with Crippen LogP contribution in [0.3, 0.4) is 0 Å². The zero-order chi connectivity index (χ0) is 18.8. The molecule has 1 aliphatic heterocycles. The number of rotatable bonds is 6. The minimum absolute atomic E-state index is 0.209. The van der Waals surface area contributed by atoms with Crippen molar-refractivity contribution in [3.8, 4) is 0 Å². The number of Topliss-reactive ketones (excluding diaryl/α,β-unsaturated/α-hetero) is 1. The number of allylic oxidation sites excluding steroid dienone is 2. The van der Waals surface area contributed by atoms with Crippen molar-refractivity contribution in [2.75, 3.05) is 11.1 Å². The average Bonchev–Trinajstić information content (AvgIpc) is 3.06. The highest BCUT2D eigenvalue weighted by Crippen LogP contribution is 2.41. The number of hydrogen-bond acceptors (Lipinski definition) is 5. The third-order valence-corrected chi connectivity index (χ3v) is 6.41. The van der Waals surface area contributed by atoms with Crippen LogP contribution in [0.15, 0.2) is 45.2 Å². The molecule has 0 saturated carbocycles. The van der Waals surface area contributed by atoms with E-state index in [0.29, 0.717) is 6.42 Å². The molecule has 0 bridgehead atoms. The molecule has 0 spiro atoms. The predicted molar refractivity (Wildman–Crippen MR) is 112 cm³/mol. The van der Waals surface area contributed by atoms with E-state index in [9.17, 15) is 4.79 Å². The summed E-state index contributed by atoms with van der Waals surface area (Å²) in [7, 11) is 0. The van der Waals surface area contributed by atoms with Crippen molar-refractivity contribution in [3.63, 3.8) is 0 Å². The first-order valence-corrected chi connectivity index (χ1v) is 11.3. The summed E-state index contributed by atoms with van der Waals surface area (Å²) < 4.78 is 2.89. The molecule has 0 amide bonds. The number of anilines is 1. The lowest BCUT2D eigenvalue weighted by Gasteiger charge is -2.32. The van der Waals surface area contributed by atoms with Crippen molar-refractivity contribution < 1.29 is 4.79 Å². The Labute approximate surface area is 172 Å². The predicted octanol–water partition coefficient (Wildman–Crippen LogP) is 5.34. The Morgan fingerprint density at radius 3 is 3.04 bits per heavy atom. The van der Waals surface area contributed by atoms with Crippen LogP contribution in [-0.4, -0.2) is 26.3 Å². The van der Waals surface area contributed by atoms with Gasteiger partial charge in [0.05, 0.1) is 0 Å². The van der Waals surface area contributed by atoms with Crippen LogP contribution in [0.1, 0.15) is 57.1 Å². The maximum atomic E-state index is 12.8. The maximum Gasteiger partial charge on any atom is 0.227 e. The van der Waals surface area contributed by atoms with Crippen LogP contribution in [0.4, 0.5) is 5.95 Å². The van der Waals surface area contributed by atoms with Gasteiger partial charge in [0.1, 0.15) is 6.04 Å². The first kappa shape index (κ1) is 18.7. The minimum atomic E-state index is -0.209. The van der Waals surface area contributed by atoms with Crippen molar-refractivity contribution in [2.45, 2.75) is 56.6 Å². The lowest BCUT2D eigenvalue weighted by molar-refractivity contribution is -0.116. The maximum absolute atomic E-state index is 12.8. The highest BCUT2D eigenvalue weighted by molar-refractivity contribution is 9.10. The molecule has 1 aromatic carbocycles. The molecule has 0 unspecified atom stereocenters. The van der Waals surface area contributed by atoms with Gasteiger partial charge in [-0.25, -0.2) is 4.68 Å². The Balaban J connectivity index is 1.71. The fourth-order valence-corrected chi connectivity index (χ4v) is 4.94. The zero-order valence-electron chi connectivity index (χ0n) is 15.4. The van der Waals surface area contributed by atoms with E-state index in [0.717, 1.165) is 51.0 Å². The highest BCUT2D eigenvalue weighted by Gasteiger charge is 2.36. The van der Waals surface area contributed by atoms with Crippen LogP contribution in [0.2, 0.25) is 0 Å². The summed E-state index contributed by atoms with van der Waals surface area (Å²) >= 11 is 5.25. The van der Waals surface area contributed by atoms with Crippen molar-refractivity contribution in [1.29, 1.82) is 0 Å². The molecule has 1 N–H and O–H groups in total. The van der Waals surface area contributed by atoms with Gasteiger partial charge in [0, 0.05) is 27.9 Å². The molecule has 2 aromatic rings. The normalized spacial score (nSPS) is 18.9. The van der Waals surface area contributed by atoms with E-state index in [-0.39, 0.29) is 11.8 Å². The van der Waals surface area contributed by atoms with Crippen LogP contribution in [0.25, 0.3) is 0 Å². The molecule has 7 heteroatoms. The third kappa shape index (κ3) is 3.85. The van der Waals surface area contributed by atoms with E-state index >= 15 is 0 Å². The SMILES string of the molecule is CCCCCSc1nc2n(n1)[C@@H](c1cccc(Br)c1)C1=C(CCCC1=O)N2. The lowest BCUT2D eigenvalue weighted by Crippen LogP contribution is -2.31. The summed E-state index contributed by atoms with van der Waals surface area (Å²) in [5.41, 5.74) is 2.92. The summed E-state index contributed by atoms with van der Waals surface area (Å²) in [6.45, 7) is 2.21. The second-order valence-corrected chi connectivity index (χ2v) is 8.95. The molecular formula is C20H23BrN4OS. The van der Waals surface area contributed by atoms with Crippen molar-refractivity contribution in [1.82, 2.24) is 14.8 Å². The highest BCUT2D eigenvalue weighted by atomic mass is 79.9. The molecule has 2 aliphatic rings. The summed E-state index contributed by atoms with van der Waals surface area (Å²) in [4.78, 5) is 17.5. The molecule has 4 rings (SSSR count). The van der Waals surface area contributed by atoms with Gasteiger partial charge < -0.3 is 5.32 Å². The lowest BCUT2D eigenvalue weighted by atomic mass is 9.85. The number of fused-ring (bicyclic) bond motifs is 1. The van der Waals surface area contributed by atoms with E-state index in [1.165, 1.54) is 19.3 Å². The molecule has 142 valence electrons. The second-order valence-electron chi connectivity index (χ2n) is 6.97. The van der Waals surface area contributed by atoms with Gasteiger partial charge in [0.15, 0.2) is 5.78 Å². The second kappa shape index (κ2) is 8.19. The van der Waals surface area contributed by atoms with E-state index in [1.54, 1.807) is 11.8 Å². The Morgan fingerprint density at radius 1 is 1.33 bits per heavy atom. The number of ketones is 1. The quantitative estimate of drug-likeness (QED) is 0.478. The van der Waals surface area contributed by atoms with Gasteiger partial charge >= 0.3 is 0 Å². The summed E-state index contributed by atoms with van der Waals surface area (Å²) in [5.74, 6) is 1.98. The van der Waals surface area contributed by atoms with E-state index in [4.69, 9.17) is 10.1 Å². The molecule has 1 aliphatic carbocycles. The average molecular weight is 447 g/mol. The fraction of sp³-hybridized carbons (Fsp3) is 0.450. The number of unbranched alkanes of at least 4 members (excludes halogenated alkanes) is 2. The van der Waals surface area contributed by atoms with Crippen molar-refractivity contribution >= 4 is 39.4 Å². The monoisotopic (exact) mass is 446 g/mol. The number of aromatic nitrogens is 3. The van der Waals surface area contributed by atoms with Crippen LogP contribution >= 0.6 is 27.7 Å². The molecule has 1 atom stereocenters. The van der Waals surface area contributed by atoms with Crippen LogP contribution in [0, 0.1) is 0 Å². The first-order valence-electron chi connectivity index (χ1n) is 9.55. The van der Waals surface area contributed by atoms with Gasteiger partial charge in [-0.1, -0.05) is 59.6 Å². The summed E-state index contributed by atoms with van der Waals surface area (Å²) in [6, 6.07) is 7.93. The van der Waals surface area contributed by atoms with E-state index in [2.05, 4.69) is 40.3 Å². The smallest absolute Gasteiger partial charge is 0.227 e. The molecule has 1 aromatic heterocycles. The molecule has 0 radical (unpaired) electrons. The number of thioether (sulfide) groups is 1. The van der Waals surface area contributed by atoms with Gasteiger partial charge in [-0.3, -0.25) is 4.79 Å². The first-order chi connectivity index (χ1) is 13.2. The van der Waals surface area contributed by atoms with Crippen LogP contribution in [-0.2, 0) is 4.79 Å². The Bertz CT molecular complexity index is 892. The number of carbonyl (C=O) groups excluding carboxylic acids is 1. The minimum Gasteiger partial charge on any atom is -0.328 e. The Morgan fingerprint density at radius 2 is 2.22 bits per heavy atom. The van der Waals surface area contributed by atoms with E-state index < -0.39 is 0 Å². The third-order valence-electron chi connectivity index (χ3n) is 4.99. The van der Waals surface area contributed by atoms with Crippen LogP contribution < -0.4 is 5.32 Å². The topological polar surface area (TPSA) is 59.8 Å². The van der Waals surface area contributed by atoms with Gasteiger partial charge in [-0.2, -0.15) is 4.98 Å². The van der Waals surface area contributed by atoms with Crippen LogP contribution in [0.5, 0.6) is 0 Å². The van der Waals surface area contributed by atoms with Gasteiger partial charge in [0.2, 0.25) is 11.1 Å². The van der Waals surface area contributed by atoms with Gasteiger partial charge in [0.25, 0.3) is 0 Å². The number of hydrogen-bond donors (Lipinski definition) is 1. The van der Waals surface area contributed by atoms with Crippen molar-refractivity contribution in [2.24, 2.45) is 0 Å². The molecule has 0 fully saturated rings. The number of benzene rings is 1. The number of carbonyl (C=O) groups is 1.